The van der Waals surface area contributed by atoms with E-state index >= 15 is 0 Å². The van der Waals surface area contributed by atoms with Crippen molar-refractivity contribution in [1.29, 1.82) is 0 Å². The number of anilines is 1. The third kappa shape index (κ3) is 3.38. The highest BCUT2D eigenvalue weighted by Gasteiger charge is 2.14. The number of aliphatic hydroxyl groups excluding tert-OH is 1. The van der Waals surface area contributed by atoms with Gasteiger partial charge >= 0.3 is 0 Å². The SMILES string of the molecule is Nc1cc(Cl)ccc1C(O)Cc1ccc(Cl)cc1F. The summed E-state index contributed by atoms with van der Waals surface area (Å²) in [5.74, 6) is -0.445. The molecule has 0 amide bonds. The van der Waals surface area contributed by atoms with Crippen molar-refractivity contribution in [2.45, 2.75) is 12.5 Å². The van der Waals surface area contributed by atoms with Gasteiger partial charge in [-0.2, -0.15) is 0 Å². The Morgan fingerprint density at radius 1 is 1.11 bits per heavy atom. The van der Waals surface area contributed by atoms with Gasteiger partial charge < -0.3 is 10.8 Å². The molecular formula is C14H12Cl2FNO. The number of aliphatic hydroxyl groups is 1. The van der Waals surface area contributed by atoms with Crippen LogP contribution in [0.1, 0.15) is 17.2 Å². The highest BCUT2D eigenvalue weighted by atomic mass is 35.5. The number of benzene rings is 2. The molecule has 1 atom stereocenters. The van der Waals surface area contributed by atoms with Gasteiger partial charge in [0.2, 0.25) is 0 Å². The lowest BCUT2D eigenvalue weighted by atomic mass is 10.00. The Balaban J connectivity index is 2.23. The molecule has 0 saturated carbocycles. The zero-order chi connectivity index (χ0) is 14.0. The summed E-state index contributed by atoms with van der Waals surface area (Å²) in [4.78, 5) is 0. The van der Waals surface area contributed by atoms with E-state index in [9.17, 15) is 9.50 Å². The molecule has 3 N–H and O–H groups in total. The normalized spacial score (nSPS) is 12.4. The third-order valence-corrected chi connectivity index (χ3v) is 3.31. The van der Waals surface area contributed by atoms with Gasteiger partial charge in [-0.05, 0) is 29.8 Å². The monoisotopic (exact) mass is 299 g/mol. The van der Waals surface area contributed by atoms with Gasteiger partial charge in [0.25, 0.3) is 0 Å². The molecule has 0 saturated heterocycles. The quantitative estimate of drug-likeness (QED) is 0.842. The second-order valence-corrected chi connectivity index (χ2v) is 5.10. The van der Waals surface area contributed by atoms with Gasteiger partial charge in [0.05, 0.1) is 6.10 Å². The largest absolute Gasteiger partial charge is 0.398 e. The minimum Gasteiger partial charge on any atom is -0.398 e. The predicted octanol–water partition coefficient (Wildman–Crippen LogP) is 3.99. The maximum absolute atomic E-state index is 13.6. The Morgan fingerprint density at radius 3 is 2.37 bits per heavy atom. The smallest absolute Gasteiger partial charge is 0.127 e. The molecule has 2 nitrogen and oxygen atoms in total. The number of halogens is 3. The molecule has 100 valence electrons. The summed E-state index contributed by atoms with van der Waals surface area (Å²) in [6.45, 7) is 0. The maximum atomic E-state index is 13.6. The maximum Gasteiger partial charge on any atom is 0.127 e. The van der Waals surface area contributed by atoms with Crippen LogP contribution in [0.15, 0.2) is 36.4 Å². The Kier molecular flexibility index (Phi) is 4.30. The lowest BCUT2D eigenvalue weighted by Gasteiger charge is -2.14. The van der Waals surface area contributed by atoms with Crippen molar-refractivity contribution in [2.75, 3.05) is 5.73 Å². The van der Waals surface area contributed by atoms with Crippen LogP contribution in [-0.2, 0) is 6.42 Å². The molecule has 0 fully saturated rings. The first-order valence-corrected chi connectivity index (χ1v) is 6.40. The van der Waals surface area contributed by atoms with Crippen LogP contribution in [0.4, 0.5) is 10.1 Å². The molecule has 0 aliphatic heterocycles. The van der Waals surface area contributed by atoms with E-state index in [4.69, 9.17) is 28.9 Å². The fourth-order valence-electron chi connectivity index (χ4n) is 1.85. The van der Waals surface area contributed by atoms with Crippen molar-refractivity contribution in [3.63, 3.8) is 0 Å². The van der Waals surface area contributed by atoms with E-state index in [1.54, 1.807) is 30.3 Å². The molecule has 19 heavy (non-hydrogen) atoms. The molecule has 2 aromatic rings. The first-order valence-electron chi connectivity index (χ1n) is 5.64. The number of nitrogen functional groups attached to an aromatic ring is 1. The molecule has 0 radical (unpaired) electrons. The molecule has 0 spiro atoms. The average molecular weight is 300 g/mol. The van der Waals surface area contributed by atoms with Crippen molar-refractivity contribution >= 4 is 28.9 Å². The Labute approximate surface area is 120 Å². The van der Waals surface area contributed by atoms with E-state index in [0.29, 0.717) is 26.9 Å². The van der Waals surface area contributed by atoms with Crippen molar-refractivity contribution in [3.05, 3.63) is 63.4 Å². The Bertz CT molecular complexity index is 604. The van der Waals surface area contributed by atoms with Crippen LogP contribution in [0, 0.1) is 5.82 Å². The third-order valence-electron chi connectivity index (χ3n) is 2.84. The summed E-state index contributed by atoms with van der Waals surface area (Å²) in [6.07, 6.45) is -0.776. The van der Waals surface area contributed by atoms with Gasteiger partial charge in [0.1, 0.15) is 5.82 Å². The molecule has 0 bridgehead atoms. The van der Waals surface area contributed by atoms with Crippen LogP contribution in [0.3, 0.4) is 0 Å². The second kappa shape index (κ2) is 5.78. The molecule has 0 aliphatic rings. The van der Waals surface area contributed by atoms with Crippen LogP contribution in [0.5, 0.6) is 0 Å². The minimum atomic E-state index is -0.895. The van der Waals surface area contributed by atoms with Gasteiger partial charge in [-0.15, -0.1) is 0 Å². The van der Waals surface area contributed by atoms with Crippen LogP contribution in [-0.4, -0.2) is 5.11 Å². The van der Waals surface area contributed by atoms with E-state index < -0.39 is 11.9 Å². The number of nitrogens with two attached hydrogens (primary N) is 1. The van der Waals surface area contributed by atoms with Crippen LogP contribution >= 0.6 is 23.2 Å². The standard InChI is InChI=1S/C14H12Cl2FNO/c15-9-2-1-8(12(17)6-9)5-14(19)11-4-3-10(16)7-13(11)18/h1-4,6-7,14,19H,5,18H2. The van der Waals surface area contributed by atoms with Gasteiger partial charge in [-0.1, -0.05) is 35.3 Å². The Hall–Kier alpha value is -1.29. The highest BCUT2D eigenvalue weighted by molar-refractivity contribution is 6.31. The van der Waals surface area contributed by atoms with Crippen molar-refractivity contribution in [2.24, 2.45) is 0 Å². The van der Waals surface area contributed by atoms with Crippen LogP contribution in [0.25, 0.3) is 0 Å². The van der Waals surface area contributed by atoms with Crippen LogP contribution < -0.4 is 5.73 Å². The fourth-order valence-corrected chi connectivity index (χ4v) is 2.19. The molecular weight excluding hydrogens is 288 g/mol. The Morgan fingerprint density at radius 2 is 1.74 bits per heavy atom. The summed E-state index contributed by atoms with van der Waals surface area (Å²) in [6, 6.07) is 9.17. The van der Waals surface area contributed by atoms with Crippen LogP contribution in [0.2, 0.25) is 10.0 Å². The number of hydrogen-bond acceptors (Lipinski definition) is 2. The average Bonchev–Trinajstić information content (AvgIpc) is 2.32. The zero-order valence-electron chi connectivity index (χ0n) is 9.91. The number of hydrogen-bond donors (Lipinski definition) is 2. The lowest BCUT2D eigenvalue weighted by molar-refractivity contribution is 0.178. The summed E-state index contributed by atoms with van der Waals surface area (Å²) in [7, 11) is 0. The van der Waals surface area contributed by atoms with Crippen molar-refractivity contribution in [3.8, 4) is 0 Å². The second-order valence-electron chi connectivity index (χ2n) is 4.23. The highest BCUT2D eigenvalue weighted by Crippen LogP contribution is 2.27. The summed E-state index contributed by atoms with van der Waals surface area (Å²) in [5, 5.41) is 10.9. The molecule has 2 rings (SSSR count). The number of rotatable bonds is 3. The van der Waals surface area contributed by atoms with Crippen molar-refractivity contribution < 1.29 is 9.50 Å². The molecule has 2 aromatic carbocycles. The van der Waals surface area contributed by atoms with Gasteiger partial charge in [0, 0.05) is 27.7 Å². The summed E-state index contributed by atoms with van der Waals surface area (Å²) < 4.78 is 13.6. The van der Waals surface area contributed by atoms with E-state index in [0.717, 1.165) is 0 Å². The molecule has 1 unspecified atom stereocenters. The summed E-state index contributed by atoms with van der Waals surface area (Å²) in [5.41, 5.74) is 7.07. The molecule has 5 heteroatoms. The van der Waals surface area contributed by atoms with Gasteiger partial charge in [-0.3, -0.25) is 0 Å². The topological polar surface area (TPSA) is 46.2 Å². The van der Waals surface area contributed by atoms with Gasteiger partial charge in [-0.25, -0.2) is 4.39 Å². The van der Waals surface area contributed by atoms with E-state index in [1.807, 2.05) is 0 Å². The first kappa shape index (κ1) is 14.1. The lowest BCUT2D eigenvalue weighted by Crippen LogP contribution is -2.06. The minimum absolute atomic E-state index is 0.120. The van der Waals surface area contributed by atoms with E-state index in [-0.39, 0.29) is 6.42 Å². The molecule has 0 heterocycles. The first-order chi connectivity index (χ1) is 8.97. The zero-order valence-corrected chi connectivity index (χ0v) is 11.4. The van der Waals surface area contributed by atoms with Crippen molar-refractivity contribution in [1.82, 2.24) is 0 Å². The van der Waals surface area contributed by atoms with Gasteiger partial charge in [0.15, 0.2) is 0 Å². The molecule has 0 aliphatic carbocycles. The predicted molar refractivity (Wildman–Crippen MR) is 75.9 cm³/mol. The van der Waals surface area contributed by atoms with E-state index in [1.165, 1.54) is 6.07 Å². The summed E-state index contributed by atoms with van der Waals surface area (Å²) >= 11 is 11.5. The fraction of sp³-hybridized carbons (Fsp3) is 0.143. The molecule has 0 aromatic heterocycles. The van der Waals surface area contributed by atoms with E-state index in [2.05, 4.69) is 0 Å².